The third kappa shape index (κ3) is 2.52. The predicted molar refractivity (Wildman–Crippen MR) is 71.0 cm³/mol. The largest absolute Gasteiger partial charge is 0.468 e. The molecule has 0 saturated carbocycles. The van der Waals surface area contributed by atoms with E-state index in [-0.39, 0.29) is 17.1 Å². The first-order valence-corrected chi connectivity index (χ1v) is 6.29. The summed E-state index contributed by atoms with van der Waals surface area (Å²) in [5.41, 5.74) is 1.66. The highest BCUT2D eigenvalue weighted by molar-refractivity contribution is 6.18. The molecule has 1 fully saturated rings. The summed E-state index contributed by atoms with van der Waals surface area (Å²) in [7, 11) is 2.92. The van der Waals surface area contributed by atoms with E-state index in [9.17, 15) is 9.59 Å². The van der Waals surface area contributed by atoms with Crippen LogP contribution in [0.2, 0.25) is 0 Å². The van der Waals surface area contributed by atoms with Crippen molar-refractivity contribution >= 4 is 11.9 Å². The van der Waals surface area contributed by atoms with Crippen LogP contribution in [-0.4, -0.2) is 37.5 Å². The molecule has 2 aliphatic heterocycles. The Hall–Kier alpha value is -2.28. The maximum atomic E-state index is 11.9. The fourth-order valence-corrected chi connectivity index (χ4v) is 2.18. The Balaban J connectivity index is 2.51. The minimum absolute atomic E-state index is 0.208. The van der Waals surface area contributed by atoms with Gasteiger partial charge in [0.15, 0.2) is 0 Å². The van der Waals surface area contributed by atoms with Crippen LogP contribution < -0.4 is 0 Å². The lowest BCUT2D eigenvalue weighted by Crippen LogP contribution is -2.29. The lowest BCUT2D eigenvalue weighted by Gasteiger charge is -2.23. The summed E-state index contributed by atoms with van der Waals surface area (Å²) in [6.07, 6.45) is 0.782. The monoisotopic (exact) mass is 295 g/mol. The van der Waals surface area contributed by atoms with Crippen molar-refractivity contribution in [1.82, 2.24) is 4.90 Å². The lowest BCUT2D eigenvalue weighted by molar-refractivity contribution is -0.161. The number of rotatable bonds is 3. The maximum absolute atomic E-state index is 11.9. The summed E-state index contributed by atoms with van der Waals surface area (Å²) in [5.74, 6) is -1.07. The average Bonchev–Trinajstić information content (AvgIpc) is 2.98. The van der Waals surface area contributed by atoms with Crippen LogP contribution in [0, 0.1) is 0 Å². The molecule has 114 valence electrons. The molecule has 0 aromatic heterocycles. The zero-order valence-corrected chi connectivity index (χ0v) is 12.6. The van der Waals surface area contributed by atoms with Gasteiger partial charge in [0.25, 0.3) is 12.4 Å². The average molecular weight is 295 g/mol. The highest BCUT2D eigenvalue weighted by Crippen LogP contribution is 2.32. The van der Waals surface area contributed by atoms with Gasteiger partial charge in [-0.2, -0.15) is 0 Å². The Morgan fingerprint density at radius 2 is 1.76 bits per heavy atom. The van der Waals surface area contributed by atoms with Crippen molar-refractivity contribution in [2.75, 3.05) is 14.2 Å². The van der Waals surface area contributed by atoms with E-state index in [1.807, 2.05) is 0 Å². The van der Waals surface area contributed by atoms with Gasteiger partial charge in [-0.3, -0.25) is 4.90 Å². The van der Waals surface area contributed by atoms with Crippen molar-refractivity contribution < 1.29 is 28.5 Å². The van der Waals surface area contributed by atoms with Crippen molar-refractivity contribution in [3.63, 3.8) is 0 Å². The van der Waals surface area contributed by atoms with Crippen LogP contribution in [-0.2, 0) is 28.5 Å². The molecule has 0 aromatic carbocycles. The van der Waals surface area contributed by atoms with Crippen LogP contribution in [0.5, 0.6) is 0 Å². The highest BCUT2D eigenvalue weighted by atomic mass is 16.8. The van der Waals surface area contributed by atoms with Crippen molar-refractivity contribution in [1.29, 1.82) is 0 Å². The SMILES string of the molecule is COC1=CN(C(C)=C2C(=O)OC(=O)C2=C(C)C)C(OC)O1. The van der Waals surface area contributed by atoms with E-state index in [1.54, 1.807) is 31.9 Å². The third-order valence-electron chi connectivity index (χ3n) is 3.18. The van der Waals surface area contributed by atoms with E-state index in [1.165, 1.54) is 14.2 Å². The topological polar surface area (TPSA) is 74.3 Å². The maximum Gasteiger partial charge on any atom is 0.348 e. The number of carbonyl (C=O) groups is 2. The number of cyclic esters (lactones) is 2. The van der Waals surface area contributed by atoms with Crippen LogP contribution in [0.15, 0.2) is 34.6 Å². The van der Waals surface area contributed by atoms with Gasteiger partial charge in [0.2, 0.25) is 0 Å². The van der Waals surface area contributed by atoms with Gasteiger partial charge in [-0.1, -0.05) is 5.57 Å². The van der Waals surface area contributed by atoms with Crippen LogP contribution in [0.25, 0.3) is 0 Å². The van der Waals surface area contributed by atoms with Crippen molar-refractivity contribution in [3.05, 3.63) is 34.6 Å². The molecule has 0 aromatic rings. The fourth-order valence-electron chi connectivity index (χ4n) is 2.18. The number of methoxy groups -OCH3 is 2. The van der Waals surface area contributed by atoms with Gasteiger partial charge in [0.05, 0.1) is 24.5 Å². The molecular weight excluding hydrogens is 278 g/mol. The van der Waals surface area contributed by atoms with E-state index in [4.69, 9.17) is 18.9 Å². The van der Waals surface area contributed by atoms with Crippen LogP contribution in [0.3, 0.4) is 0 Å². The Labute approximate surface area is 122 Å². The number of esters is 2. The van der Waals surface area contributed by atoms with Crippen LogP contribution >= 0.6 is 0 Å². The van der Waals surface area contributed by atoms with Gasteiger partial charge < -0.3 is 18.9 Å². The van der Waals surface area contributed by atoms with E-state index in [2.05, 4.69) is 0 Å². The number of carbonyl (C=O) groups excluding carboxylic acids is 2. The Morgan fingerprint density at radius 3 is 2.29 bits per heavy atom. The predicted octanol–water partition coefficient (Wildman–Crippen LogP) is 1.39. The quantitative estimate of drug-likeness (QED) is 0.442. The summed E-state index contributed by atoms with van der Waals surface area (Å²) < 4.78 is 20.2. The molecule has 2 heterocycles. The molecule has 0 aliphatic carbocycles. The van der Waals surface area contributed by atoms with Gasteiger partial charge in [0, 0.05) is 12.8 Å². The first-order chi connectivity index (χ1) is 9.90. The molecule has 0 bridgehead atoms. The number of hydrogen-bond acceptors (Lipinski definition) is 7. The molecule has 1 unspecified atom stereocenters. The summed E-state index contributed by atoms with van der Waals surface area (Å²) in [6, 6.07) is 0. The first kappa shape index (κ1) is 15.1. The Morgan fingerprint density at radius 1 is 1.14 bits per heavy atom. The highest BCUT2D eigenvalue weighted by Gasteiger charge is 2.39. The van der Waals surface area contributed by atoms with Gasteiger partial charge in [-0.15, -0.1) is 0 Å². The zero-order chi connectivity index (χ0) is 15.7. The molecule has 0 radical (unpaired) electrons. The second-order valence-corrected chi connectivity index (χ2v) is 4.73. The summed E-state index contributed by atoms with van der Waals surface area (Å²) in [5, 5.41) is 0. The normalized spacial score (nSPS) is 23.9. The van der Waals surface area contributed by atoms with Gasteiger partial charge >= 0.3 is 11.9 Å². The third-order valence-corrected chi connectivity index (χ3v) is 3.18. The molecule has 1 atom stereocenters. The minimum Gasteiger partial charge on any atom is -0.468 e. The Kier molecular flexibility index (Phi) is 4.04. The van der Waals surface area contributed by atoms with E-state index < -0.39 is 18.4 Å². The molecular formula is C14H17NO6. The summed E-state index contributed by atoms with van der Waals surface area (Å²) >= 11 is 0. The smallest absolute Gasteiger partial charge is 0.348 e. The molecule has 0 amide bonds. The van der Waals surface area contributed by atoms with Crippen LogP contribution in [0.4, 0.5) is 0 Å². The van der Waals surface area contributed by atoms with E-state index in [0.29, 0.717) is 11.3 Å². The van der Waals surface area contributed by atoms with Crippen molar-refractivity contribution in [2.24, 2.45) is 0 Å². The lowest BCUT2D eigenvalue weighted by atomic mass is 10.0. The van der Waals surface area contributed by atoms with Crippen molar-refractivity contribution in [2.45, 2.75) is 27.2 Å². The number of hydrogen-bond donors (Lipinski definition) is 0. The van der Waals surface area contributed by atoms with Crippen molar-refractivity contribution in [3.8, 4) is 0 Å². The van der Waals surface area contributed by atoms with Gasteiger partial charge in [-0.25, -0.2) is 9.59 Å². The fraction of sp³-hybridized carbons (Fsp3) is 0.429. The second kappa shape index (κ2) is 5.61. The number of ether oxygens (including phenoxy) is 4. The minimum atomic E-state index is -0.769. The first-order valence-electron chi connectivity index (χ1n) is 6.29. The standard InChI is InChI=1S/C14H17NO6/c1-7(2)10-11(13(17)21-12(10)16)8(3)15-6-9(18-4)20-14(15)19-5/h6,14H,1-5H3. The van der Waals surface area contributed by atoms with Gasteiger partial charge in [-0.05, 0) is 20.8 Å². The molecule has 2 aliphatic rings. The number of allylic oxidation sites excluding steroid dienone is 2. The molecule has 21 heavy (non-hydrogen) atoms. The van der Waals surface area contributed by atoms with Gasteiger partial charge in [0.1, 0.15) is 0 Å². The van der Waals surface area contributed by atoms with E-state index >= 15 is 0 Å². The number of nitrogens with zero attached hydrogens (tertiary/aromatic N) is 1. The molecule has 2 rings (SSSR count). The van der Waals surface area contributed by atoms with E-state index in [0.717, 1.165) is 0 Å². The summed E-state index contributed by atoms with van der Waals surface area (Å²) in [4.78, 5) is 25.3. The Bertz CT molecular complexity index is 582. The zero-order valence-electron chi connectivity index (χ0n) is 12.6. The van der Waals surface area contributed by atoms with Crippen LogP contribution in [0.1, 0.15) is 20.8 Å². The molecule has 0 spiro atoms. The molecule has 1 saturated heterocycles. The molecule has 0 N–H and O–H groups in total. The summed E-state index contributed by atoms with van der Waals surface area (Å²) in [6.45, 7) is 5.17. The molecule has 7 nitrogen and oxygen atoms in total. The molecule has 7 heteroatoms. The second-order valence-electron chi connectivity index (χ2n) is 4.73.